The van der Waals surface area contributed by atoms with Crippen LogP contribution in [0, 0.1) is 0 Å². The molecule has 3 aromatic rings. The van der Waals surface area contributed by atoms with E-state index in [4.69, 9.17) is 4.74 Å². The van der Waals surface area contributed by atoms with E-state index in [9.17, 15) is 14.4 Å². The molecule has 26 heavy (non-hydrogen) atoms. The molecule has 132 valence electrons. The highest BCUT2D eigenvalue weighted by Gasteiger charge is 2.22. The molecule has 0 bridgehead atoms. The average molecular weight is 414 g/mol. The van der Waals surface area contributed by atoms with Gasteiger partial charge in [0.05, 0.1) is 23.4 Å². The molecule has 0 atom stereocenters. The third-order valence-electron chi connectivity index (χ3n) is 4.01. The Morgan fingerprint density at radius 2 is 1.69 bits per heavy atom. The SMILES string of the molecule is CCOC(=O)c1cc(C(=O)c2ccc(Br)cc2)n2cc(C(C)=O)ccc12. The second-order valence-corrected chi connectivity index (χ2v) is 6.64. The lowest BCUT2D eigenvalue weighted by Gasteiger charge is -2.05. The molecule has 0 aliphatic carbocycles. The number of ether oxygens (including phenoxy) is 1. The third kappa shape index (κ3) is 3.32. The number of Topliss-reactive ketones (excluding diaryl/α,β-unsaturated/α-hetero) is 1. The fourth-order valence-corrected chi connectivity index (χ4v) is 2.97. The molecule has 3 rings (SSSR count). The lowest BCUT2D eigenvalue weighted by molar-refractivity contribution is 0.0528. The minimum absolute atomic E-state index is 0.125. The van der Waals surface area contributed by atoms with Crippen LogP contribution in [0.25, 0.3) is 5.52 Å². The zero-order chi connectivity index (χ0) is 18.8. The lowest BCUT2D eigenvalue weighted by atomic mass is 10.1. The second kappa shape index (κ2) is 7.25. The van der Waals surface area contributed by atoms with E-state index in [2.05, 4.69) is 15.9 Å². The van der Waals surface area contributed by atoms with Crippen LogP contribution in [0.5, 0.6) is 0 Å². The Morgan fingerprint density at radius 1 is 1.04 bits per heavy atom. The van der Waals surface area contributed by atoms with Crippen LogP contribution in [0.3, 0.4) is 0 Å². The number of benzene rings is 1. The molecule has 2 aromatic heterocycles. The molecular weight excluding hydrogens is 398 g/mol. The topological polar surface area (TPSA) is 64.8 Å². The van der Waals surface area contributed by atoms with Crippen molar-refractivity contribution in [3.05, 3.63) is 75.5 Å². The Morgan fingerprint density at radius 3 is 2.31 bits per heavy atom. The van der Waals surface area contributed by atoms with E-state index in [1.54, 1.807) is 53.9 Å². The van der Waals surface area contributed by atoms with Crippen molar-refractivity contribution in [1.82, 2.24) is 4.40 Å². The maximum atomic E-state index is 13.0. The first-order valence-electron chi connectivity index (χ1n) is 8.05. The van der Waals surface area contributed by atoms with Crippen LogP contribution in [0.2, 0.25) is 0 Å². The van der Waals surface area contributed by atoms with Gasteiger partial charge in [-0.25, -0.2) is 4.79 Å². The fourth-order valence-electron chi connectivity index (χ4n) is 2.70. The standard InChI is InChI=1S/C20H16BrNO4/c1-3-26-20(25)16-10-18(19(24)13-4-7-15(21)8-5-13)22-11-14(12(2)23)6-9-17(16)22/h4-11H,3H2,1-2H3. The van der Waals surface area contributed by atoms with Crippen molar-refractivity contribution < 1.29 is 19.1 Å². The van der Waals surface area contributed by atoms with Crippen LogP contribution in [0.1, 0.15) is 50.6 Å². The molecule has 1 aromatic carbocycles. The molecule has 0 aliphatic rings. The molecule has 5 nitrogen and oxygen atoms in total. The maximum absolute atomic E-state index is 13.0. The van der Waals surface area contributed by atoms with Gasteiger partial charge in [-0.05, 0) is 56.3 Å². The Bertz CT molecular complexity index is 1020. The number of hydrogen-bond donors (Lipinski definition) is 0. The van der Waals surface area contributed by atoms with E-state index in [1.165, 1.54) is 13.0 Å². The number of hydrogen-bond acceptors (Lipinski definition) is 4. The fraction of sp³-hybridized carbons (Fsp3) is 0.150. The monoisotopic (exact) mass is 413 g/mol. The summed E-state index contributed by atoms with van der Waals surface area (Å²) in [6.45, 7) is 3.41. The molecule has 0 spiro atoms. The summed E-state index contributed by atoms with van der Waals surface area (Å²) < 4.78 is 7.53. The first kappa shape index (κ1) is 18.1. The number of ketones is 2. The van der Waals surface area contributed by atoms with E-state index in [0.717, 1.165) is 4.47 Å². The van der Waals surface area contributed by atoms with Gasteiger partial charge in [0, 0.05) is 21.8 Å². The minimum atomic E-state index is -0.504. The molecule has 0 aliphatic heterocycles. The molecular formula is C20H16BrNO4. The predicted molar refractivity (Wildman–Crippen MR) is 101 cm³/mol. The highest BCUT2D eigenvalue weighted by molar-refractivity contribution is 9.10. The molecule has 0 radical (unpaired) electrons. The van der Waals surface area contributed by atoms with Crippen molar-refractivity contribution in [3.63, 3.8) is 0 Å². The number of nitrogens with zero attached hydrogens (tertiary/aromatic N) is 1. The maximum Gasteiger partial charge on any atom is 0.340 e. The molecule has 0 amide bonds. The zero-order valence-electron chi connectivity index (χ0n) is 14.3. The van der Waals surface area contributed by atoms with Crippen LogP contribution in [0.4, 0.5) is 0 Å². The normalized spacial score (nSPS) is 10.7. The predicted octanol–water partition coefficient (Wildman–Crippen LogP) is 4.31. The van der Waals surface area contributed by atoms with E-state index < -0.39 is 5.97 Å². The van der Waals surface area contributed by atoms with Gasteiger partial charge in [-0.15, -0.1) is 0 Å². The van der Waals surface area contributed by atoms with Gasteiger partial charge >= 0.3 is 5.97 Å². The van der Waals surface area contributed by atoms with Gasteiger partial charge in [0.25, 0.3) is 0 Å². The number of rotatable bonds is 5. The number of aromatic nitrogens is 1. The van der Waals surface area contributed by atoms with Crippen LogP contribution in [0.15, 0.2) is 53.1 Å². The summed E-state index contributed by atoms with van der Waals surface area (Å²) >= 11 is 3.34. The van der Waals surface area contributed by atoms with Gasteiger partial charge in [0.15, 0.2) is 5.78 Å². The van der Waals surface area contributed by atoms with Crippen molar-refractivity contribution in [1.29, 1.82) is 0 Å². The van der Waals surface area contributed by atoms with Crippen LogP contribution < -0.4 is 0 Å². The molecule has 2 heterocycles. The Balaban J connectivity index is 2.20. The molecule has 0 saturated carbocycles. The quantitative estimate of drug-likeness (QED) is 0.461. The van der Waals surface area contributed by atoms with Crippen LogP contribution >= 0.6 is 15.9 Å². The summed E-state index contributed by atoms with van der Waals surface area (Å²) in [5.41, 5.74) is 2.05. The third-order valence-corrected chi connectivity index (χ3v) is 4.53. The van der Waals surface area contributed by atoms with Gasteiger partial charge in [0.2, 0.25) is 5.78 Å². The van der Waals surface area contributed by atoms with E-state index in [1.807, 2.05) is 0 Å². The number of halogens is 1. The summed E-state index contributed by atoms with van der Waals surface area (Å²) in [4.78, 5) is 37.0. The molecule has 0 saturated heterocycles. The Labute approximate surface area is 158 Å². The Hall–Kier alpha value is -2.73. The van der Waals surface area contributed by atoms with Crippen LogP contribution in [-0.4, -0.2) is 28.5 Å². The first-order chi connectivity index (χ1) is 12.4. The summed E-state index contributed by atoms with van der Waals surface area (Å²) in [5, 5.41) is 0. The minimum Gasteiger partial charge on any atom is -0.462 e. The van der Waals surface area contributed by atoms with Gasteiger partial charge in [0.1, 0.15) is 0 Å². The summed E-state index contributed by atoms with van der Waals surface area (Å²) in [7, 11) is 0. The molecule has 0 N–H and O–H groups in total. The van der Waals surface area contributed by atoms with E-state index >= 15 is 0 Å². The first-order valence-corrected chi connectivity index (χ1v) is 8.85. The van der Waals surface area contributed by atoms with Gasteiger partial charge in [-0.2, -0.15) is 0 Å². The van der Waals surface area contributed by atoms with Gasteiger partial charge in [-0.1, -0.05) is 15.9 Å². The zero-order valence-corrected chi connectivity index (χ0v) is 15.9. The number of carbonyl (C=O) groups is 3. The van der Waals surface area contributed by atoms with E-state index in [-0.39, 0.29) is 18.2 Å². The van der Waals surface area contributed by atoms with Crippen molar-refractivity contribution in [2.24, 2.45) is 0 Å². The van der Waals surface area contributed by atoms with Crippen molar-refractivity contribution in [3.8, 4) is 0 Å². The second-order valence-electron chi connectivity index (χ2n) is 5.73. The van der Waals surface area contributed by atoms with Gasteiger partial charge in [-0.3, -0.25) is 9.59 Å². The van der Waals surface area contributed by atoms with Crippen molar-refractivity contribution in [2.75, 3.05) is 6.61 Å². The molecule has 6 heteroatoms. The summed E-state index contributed by atoms with van der Waals surface area (Å²) in [5.74, 6) is -0.875. The Kier molecular flexibility index (Phi) is 5.04. The number of fused-ring (bicyclic) bond motifs is 1. The molecule has 0 unspecified atom stereocenters. The lowest BCUT2D eigenvalue weighted by Crippen LogP contribution is -2.06. The summed E-state index contributed by atoms with van der Waals surface area (Å²) in [6.07, 6.45) is 1.58. The largest absolute Gasteiger partial charge is 0.462 e. The summed E-state index contributed by atoms with van der Waals surface area (Å²) in [6, 6.07) is 11.7. The van der Waals surface area contributed by atoms with Crippen molar-refractivity contribution in [2.45, 2.75) is 13.8 Å². The number of carbonyl (C=O) groups excluding carboxylic acids is 3. The average Bonchev–Trinajstić information content (AvgIpc) is 3.00. The molecule has 0 fully saturated rings. The highest BCUT2D eigenvalue weighted by atomic mass is 79.9. The highest BCUT2D eigenvalue weighted by Crippen LogP contribution is 2.23. The van der Waals surface area contributed by atoms with E-state index in [0.29, 0.717) is 27.9 Å². The van der Waals surface area contributed by atoms with Gasteiger partial charge < -0.3 is 9.14 Å². The smallest absolute Gasteiger partial charge is 0.340 e. The van der Waals surface area contributed by atoms with Crippen molar-refractivity contribution >= 4 is 39.0 Å². The van der Waals surface area contributed by atoms with Crippen LogP contribution in [-0.2, 0) is 4.74 Å². The number of pyridine rings is 1. The number of esters is 1.